The van der Waals surface area contributed by atoms with Crippen LogP contribution in [0.4, 0.5) is 0 Å². The summed E-state index contributed by atoms with van der Waals surface area (Å²) in [6.45, 7) is 10.7. The molecule has 0 N–H and O–H groups in total. The van der Waals surface area contributed by atoms with E-state index < -0.39 is 0 Å². The molecular weight excluding hydrogens is 254 g/mol. The SMILES string of the molecule is CC1=C[C@@H](C)[C@@H](COC(=O)CN2CCOCC2)[C@@H](C)C1. The number of allylic oxidation sites excluding steroid dienone is 2. The smallest absolute Gasteiger partial charge is 0.320 e. The Morgan fingerprint density at radius 2 is 2.10 bits per heavy atom. The Hall–Kier alpha value is -0.870. The zero-order valence-corrected chi connectivity index (χ0v) is 12.9. The van der Waals surface area contributed by atoms with Crippen molar-refractivity contribution in [3.05, 3.63) is 11.6 Å². The van der Waals surface area contributed by atoms with Crippen LogP contribution < -0.4 is 0 Å². The van der Waals surface area contributed by atoms with E-state index >= 15 is 0 Å². The average molecular weight is 281 g/mol. The highest BCUT2D eigenvalue weighted by atomic mass is 16.5. The average Bonchev–Trinajstić information content (AvgIpc) is 2.38. The van der Waals surface area contributed by atoms with E-state index in [1.807, 2.05) is 0 Å². The lowest BCUT2D eigenvalue weighted by molar-refractivity contribution is -0.148. The Bertz CT molecular complexity index is 361. The van der Waals surface area contributed by atoms with Crippen LogP contribution in [-0.2, 0) is 14.3 Å². The Morgan fingerprint density at radius 1 is 1.40 bits per heavy atom. The second-order valence-electron chi connectivity index (χ2n) is 6.29. The van der Waals surface area contributed by atoms with Crippen molar-refractivity contribution in [2.75, 3.05) is 39.5 Å². The summed E-state index contributed by atoms with van der Waals surface area (Å²) in [5.74, 6) is 1.44. The number of rotatable bonds is 4. The molecule has 0 aromatic heterocycles. The molecule has 114 valence electrons. The van der Waals surface area contributed by atoms with Crippen LogP contribution in [0, 0.1) is 17.8 Å². The van der Waals surface area contributed by atoms with Gasteiger partial charge in [0.15, 0.2) is 0 Å². The standard InChI is InChI=1S/C16H27NO3/c1-12-8-13(2)15(14(3)9-12)11-20-16(18)10-17-4-6-19-7-5-17/h8,13-15H,4-7,9-11H2,1-3H3/t13-,14+,15-/m1/s1. The molecule has 0 aromatic carbocycles. The zero-order chi connectivity index (χ0) is 14.5. The molecule has 0 aromatic rings. The first-order valence-corrected chi connectivity index (χ1v) is 7.69. The maximum atomic E-state index is 11.9. The summed E-state index contributed by atoms with van der Waals surface area (Å²) in [4.78, 5) is 14.0. The van der Waals surface area contributed by atoms with Crippen molar-refractivity contribution in [2.24, 2.45) is 17.8 Å². The molecule has 1 heterocycles. The van der Waals surface area contributed by atoms with Gasteiger partial charge in [-0.25, -0.2) is 0 Å². The molecule has 1 saturated heterocycles. The third kappa shape index (κ3) is 4.32. The molecule has 2 aliphatic rings. The molecule has 0 radical (unpaired) electrons. The van der Waals surface area contributed by atoms with Gasteiger partial charge in [0, 0.05) is 19.0 Å². The van der Waals surface area contributed by atoms with Crippen molar-refractivity contribution in [3.8, 4) is 0 Å². The minimum Gasteiger partial charge on any atom is -0.464 e. The van der Waals surface area contributed by atoms with E-state index in [0.717, 1.165) is 19.5 Å². The minimum atomic E-state index is -0.0995. The molecule has 20 heavy (non-hydrogen) atoms. The Morgan fingerprint density at radius 3 is 2.75 bits per heavy atom. The molecule has 1 fully saturated rings. The number of esters is 1. The summed E-state index contributed by atoms with van der Waals surface area (Å²) in [6.07, 6.45) is 3.44. The lowest BCUT2D eigenvalue weighted by atomic mass is 9.75. The van der Waals surface area contributed by atoms with Gasteiger partial charge in [0.1, 0.15) is 0 Å². The van der Waals surface area contributed by atoms with Crippen LogP contribution in [0.25, 0.3) is 0 Å². The van der Waals surface area contributed by atoms with Gasteiger partial charge in [-0.05, 0) is 25.2 Å². The molecular formula is C16H27NO3. The highest BCUT2D eigenvalue weighted by molar-refractivity contribution is 5.71. The van der Waals surface area contributed by atoms with Crippen molar-refractivity contribution in [3.63, 3.8) is 0 Å². The number of carbonyl (C=O) groups excluding carboxylic acids is 1. The maximum Gasteiger partial charge on any atom is 0.320 e. The normalized spacial score (nSPS) is 31.8. The summed E-state index contributed by atoms with van der Waals surface area (Å²) >= 11 is 0. The number of carbonyl (C=O) groups is 1. The molecule has 4 heteroatoms. The highest BCUT2D eigenvalue weighted by Crippen LogP contribution is 2.33. The van der Waals surface area contributed by atoms with Crippen molar-refractivity contribution in [1.29, 1.82) is 0 Å². The molecule has 0 saturated carbocycles. The fraction of sp³-hybridized carbons (Fsp3) is 0.812. The van der Waals surface area contributed by atoms with Crippen LogP contribution in [-0.4, -0.2) is 50.3 Å². The van der Waals surface area contributed by atoms with E-state index in [1.54, 1.807) is 0 Å². The second-order valence-corrected chi connectivity index (χ2v) is 6.29. The Balaban J connectivity index is 1.75. The van der Waals surface area contributed by atoms with Crippen LogP contribution in [0.5, 0.6) is 0 Å². The molecule has 3 atom stereocenters. The van der Waals surface area contributed by atoms with E-state index in [0.29, 0.717) is 44.1 Å². The molecule has 0 bridgehead atoms. The first-order valence-electron chi connectivity index (χ1n) is 7.69. The monoisotopic (exact) mass is 281 g/mol. The Kier molecular flexibility index (Phi) is 5.61. The molecule has 1 aliphatic heterocycles. The molecule has 2 rings (SSSR count). The van der Waals surface area contributed by atoms with Gasteiger partial charge in [-0.3, -0.25) is 9.69 Å². The van der Waals surface area contributed by atoms with Gasteiger partial charge in [0.2, 0.25) is 0 Å². The topological polar surface area (TPSA) is 38.8 Å². The summed E-state index contributed by atoms with van der Waals surface area (Å²) in [5.41, 5.74) is 1.46. The molecule has 4 nitrogen and oxygen atoms in total. The van der Waals surface area contributed by atoms with E-state index in [2.05, 4.69) is 31.7 Å². The largest absolute Gasteiger partial charge is 0.464 e. The van der Waals surface area contributed by atoms with Gasteiger partial charge in [-0.2, -0.15) is 0 Å². The number of hydrogen-bond acceptors (Lipinski definition) is 4. The van der Waals surface area contributed by atoms with Crippen LogP contribution in [0.2, 0.25) is 0 Å². The first kappa shape index (κ1) is 15.5. The summed E-state index contributed by atoms with van der Waals surface area (Å²) in [6, 6.07) is 0. The third-order valence-electron chi connectivity index (χ3n) is 4.49. The van der Waals surface area contributed by atoms with Gasteiger partial charge in [-0.1, -0.05) is 25.5 Å². The summed E-state index contributed by atoms with van der Waals surface area (Å²) < 4.78 is 10.8. The van der Waals surface area contributed by atoms with Crippen molar-refractivity contribution in [2.45, 2.75) is 27.2 Å². The van der Waals surface area contributed by atoms with Crippen LogP contribution in [0.1, 0.15) is 27.2 Å². The molecule has 0 spiro atoms. The van der Waals surface area contributed by atoms with Crippen molar-refractivity contribution in [1.82, 2.24) is 4.90 Å². The van der Waals surface area contributed by atoms with E-state index in [-0.39, 0.29) is 5.97 Å². The Labute approximate surface area is 122 Å². The lowest BCUT2D eigenvalue weighted by Crippen LogP contribution is -2.40. The minimum absolute atomic E-state index is 0.0995. The van der Waals surface area contributed by atoms with Crippen molar-refractivity contribution >= 4 is 5.97 Å². The quantitative estimate of drug-likeness (QED) is 0.584. The molecule has 0 unspecified atom stereocenters. The number of ether oxygens (including phenoxy) is 2. The predicted octanol–water partition coefficient (Wildman–Crippen LogP) is 2.10. The summed E-state index contributed by atoms with van der Waals surface area (Å²) in [5, 5.41) is 0. The number of hydrogen-bond donors (Lipinski definition) is 0. The van der Waals surface area contributed by atoms with Gasteiger partial charge in [0.05, 0.1) is 26.4 Å². The van der Waals surface area contributed by atoms with Crippen LogP contribution >= 0.6 is 0 Å². The fourth-order valence-electron chi connectivity index (χ4n) is 3.31. The van der Waals surface area contributed by atoms with E-state index in [4.69, 9.17) is 9.47 Å². The number of nitrogens with zero attached hydrogens (tertiary/aromatic N) is 1. The zero-order valence-electron chi connectivity index (χ0n) is 12.9. The third-order valence-corrected chi connectivity index (χ3v) is 4.49. The van der Waals surface area contributed by atoms with Gasteiger partial charge in [-0.15, -0.1) is 0 Å². The maximum absolute atomic E-state index is 11.9. The first-order chi connectivity index (χ1) is 9.56. The predicted molar refractivity (Wildman–Crippen MR) is 78.4 cm³/mol. The second kappa shape index (κ2) is 7.23. The van der Waals surface area contributed by atoms with Gasteiger partial charge >= 0.3 is 5.97 Å². The number of morpholine rings is 1. The van der Waals surface area contributed by atoms with Crippen LogP contribution in [0.3, 0.4) is 0 Å². The van der Waals surface area contributed by atoms with Gasteiger partial charge in [0.25, 0.3) is 0 Å². The van der Waals surface area contributed by atoms with E-state index in [9.17, 15) is 4.79 Å². The van der Waals surface area contributed by atoms with Crippen molar-refractivity contribution < 1.29 is 14.3 Å². The summed E-state index contributed by atoms with van der Waals surface area (Å²) in [7, 11) is 0. The fourth-order valence-corrected chi connectivity index (χ4v) is 3.31. The van der Waals surface area contributed by atoms with E-state index in [1.165, 1.54) is 5.57 Å². The lowest BCUT2D eigenvalue weighted by Gasteiger charge is -2.33. The molecule has 0 amide bonds. The van der Waals surface area contributed by atoms with Gasteiger partial charge < -0.3 is 9.47 Å². The highest BCUT2D eigenvalue weighted by Gasteiger charge is 2.28. The van der Waals surface area contributed by atoms with Crippen LogP contribution in [0.15, 0.2) is 11.6 Å². The molecule has 1 aliphatic carbocycles.